The second kappa shape index (κ2) is 6.66. The van der Waals surface area contributed by atoms with Crippen molar-refractivity contribution in [2.75, 3.05) is 26.3 Å². The third kappa shape index (κ3) is 4.58. The van der Waals surface area contributed by atoms with E-state index in [0.29, 0.717) is 18.2 Å². The van der Waals surface area contributed by atoms with Crippen LogP contribution in [-0.2, 0) is 23.6 Å². The van der Waals surface area contributed by atoms with Crippen LogP contribution in [0.3, 0.4) is 0 Å². The lowest BCUT2D eigenvalue weighted by atomic mass is 10.0. The van der Waals surface area contributed by atoms with Crippen LogP contribution in [0.5, 0.6) is 0 Å². The van der Waals surface area contributed by atoms with Crippen LogP contribution in [0.1, 0.15) is 16.7 Å². The number of morpholine rings is 1. The van der Waals surface area contributed by atoms with E-state index in [4.69, 9.17) is 9.84 Å². The fourth-order valence-electron chi connectivity index (χ4n) is 2.45. The van der Waals surface area contributed by atoms with Gasteiger partial charge in [0.05, 0.1) is 30.4 Å². The van der Waals surface area contributed by atoms with Crippen LogP contribution in [0, 0.1) is 0 Å². The van der Waals surface area contributed by atoms with Crippen molar-refractivity contribution in [2.24, 2.45) is 0 Å². The van der Waals surface area contributed by atoms with Crippen molar-refractivity contribution >= 4 is 0 Å². The number of hydrogen-bond acceptors (Lipinski definition) is 3. The Morgan fingerprint density at radius 1 is 1.13 bits per heavy atom. The molecule has 0 radical (unpaired) electrons. The summed E-state index contributed by atoms with van der Waals surface area (Å²) in [5, 5.41) is 9.03. The molecule has 0 spiro atoms. The molecular weight excluding hydrogens is 328 g/mol. The molecule has 1 unspecified atom stereocenters. The maximum absolute atomic E-state index is 13.0. The van der Waals surface area contributed by atoms with Gasteiger partial charge in [-0.05, 0) is 23.8 Å². The van der Waals surface area contributed by atoms with Gasteiger partial charge in [0.25, 0.3) is 0 Å². The van der Waals surface area contributed by atoms with Crippen LogP contribution < -0.4 is 0 Å². The first-order valence-electron chi connectivity index (χ1n) is 6.83. The maximum atomic E-state index is 13.0. The average molecular weight is 343 g/mol. The maximum Gasteiger partial charge on any atom is 0.416 e. The first-order valence-corrected chi connectivity index (χ1v) is 6.83. The smallest absolute Gasteiger partial charge is 0.394 e. The van der Waals surface area contributed by atoms with Gasteiger partial charge in [-0.2, -0.15) is 26.3 Å². The zero-order chi connectivity index (χ0) is 17.3. The molecule has 1 heterocycles. The summed E-state index contributed by atoms with van der Waals surface area (Å²) in [6.45, 7) is 0.0451. The Hall–Kier alpha value is -1.32. The molecular formula is C14H15F6NO2. The van der Waals surface area contributed by atoms with E-state index in [0.717, 1.165) is 0 Å². The molecule has 1 aromatic rings. The summed E-state index contributed by atoms with van der Waals surface area (Å²) in [6.07, 6.45) is -10.00. The first-order chi connectivity index (χ1) is 10.6. The van der Waals surface area contributed by atoms with Gasteiger partial charge in [-0.25, -0.2) is 0 Å². The lowest BCUT2D eigenvalue weighted by Gasteiger charge is -2.32. The largest absolute Gasteiger partial charge is 0.416 e. The van der Waals surface area contributed by atoms with Crippen molar-refractivity contribution in [3.05, 3.63) is 34.9 Å². The molecule has 130 valence electrons. The van der Waals surface area contributed by atoms with Crippen molar-refractivity contribution in [3.8, 4) is 0 Å². The summed E-state index contributed by atoms with van der Waals surface area (Å²) in [5.74, 6) is 0. The number of aliphatic hydroxyl groups excluding tert-OH is 1. The molecule has 1 aliphatic rings. The Labute approximate surface area is 128 Å². The number of alkyl halides is 6. The lowest BCUT2D eigenvalue weighted by molar-refractivity contribution is -0.142. The van der Waals surface area contributed by atoms with E-state index >= 15 is 0 Å². The summed E-state index contributed by atoms with van der Waals surface area (Å²) in [5.41, 5.74) is -2.64. The summed E-state index contributed by atoms with van der Waals surface area (Å²) < 4.78 is 82.4. The average Bonchev–Trinajstić information content (AvgIpc) is 2.45. The number of benzene rings is 1. The van der Waals surface area contributed by atoms with E-state index in [1.54, 1.807) is 0 Å². The summed E-state index contributed by atoms with van der Waals surface area (Å²) in [4.78, 5) is 1.54. The molecule has 1 atom stereocenters. The van der Waals surface area contributed by atoms with Crippen LogP contribution in [0.2, 0.25) is 0 Å². The van der Waals surface area contributed by atoms with Gasteiger partial charge in [0.1, 0.15) is 0 Å². The van der Waals surface area contributed by atoms with Crippen LogP contribution in [0.15, 0.2) is 18.2 Å². The molecule has 1 aromatic carbocycles. The van der Waals surface area contributed by atoms with Gasteiger partial charge >= 0.3 is 12.4 Å². The van der Waals surface area contributed by atoms with Crippen LogP contribution in [0.25, 0.3) is 0 Å². The van der Waals surface area contributed by atoms with Crippen LogP contribution >= 0.6 is 0 Å². The minimum absolute atomic E-state index is 0.157. The summed E-state index contributed by atoms with van der Waals surface area (Å²) in [7, 11) is 0. The second-order valence-corrected chi connectivity index (χ2v) is 5.28. The molecule has 0 saturated carbocycles. The van der Waals surface area contributed by atoms with E-state index in [9.17, 15) is 26.3 Å². The highest BCUT2D eigenvalue weighted by atomic mass is 19.4. The molecule has 0 bridgehead atoms. The molecule has 0 amide bonds. The minimum atomic E-state index is -4.73. The van der Waals surface area contributed by atoms with E-state index < -0.39 is 35.1 Å². The molecule has 0 aromatic heterocycles. The summed E-state index contributed by atoms with van der Waals surface area (Å²) in [6, 6.07) is 1.43. The predicted molar refractivity (Wildman–Crippen MR) is 68.5 cm³/mol. The first kappa shape index (κ1) is 18.0. The topological polar surface area (TPSA) is 32.7 Å². The normalized spacial score (nSPS) is 20.7. The quantitative estimate of drug-likeness (QED) is 0.857. The van der Waals surface area contributed by atoms with Gasteiger partial charge in [-0.1, -0.05) is 0 Å². The van der Waals surface area contributed by atoms with E-state index in [-0.39, 0.29) is 32.8 Å². The van der Waals surface area contributed by atoms with Crippen molar-refractivity contribution in [2.45, 2.75) is 25.0 Å². The number of ether oxygens (including phenoxy) is 1. The molecule has 9 heteroatoms. The lowest BCUT2D eigenvalue weighted by Crippen LogP contribution is -2.43. The standard InChI is InChI=1S/C14H15F6NO2/c15-13(16,17)10-1-2-12(14(18,19)20)9(5-10)6-21-3-4-23-11(7-21)8-22/h1-2,5,11,22H,3-4,6-8H2. The predicted octanol–water partition coefficient (Wildman–Crippen LogP) is 2.92. The van der Waals surface area contributed by atoms with E-state index in [2.05, 4.69) is 0 Å². The van der Waals surface area contributed by atoms with Gasteiger partial charge in [0.15, 0.2) is 0 Å². The third-order valence-electron chi connectivity index (χ3n) is 3.56. The number of nitrogens with zero attached hydrogens (tertiary/aromatic N) is 1. The Balaban J connectivity index is 2.30. The van der Waals surface area contributed by atoms with Crippen LogP contribution in [-0.4, -0.2) is 42.4 Å². The Bertz CT molecular complexity index is 543. The molecule has 1 fully saturated rings. The van der Waals surface area contributed by atoms with E-state index in [1.165, 1.54) is 4.90 Å². The highest BCUT2D eigenvalue weighted by Gasteiger charge is 2.37. The molecule has 1 aliphatic heterocycles. The van der Waals surface area contributed by atoms with Crippen molar-refractivity contribution < 1.29 is 36.2 Å². The van der Waals surface area contributed by atoms with Gasteiger partial charge in [0.2, 0.25) is 0 Å². The van der Waals surface area contributed by atoms with E-state index in [1.807, 2.05) is 0 Å². The third-order valence-corrected chi connectivity index (χ3v) is 3.56. The number of rotatable bonds is 3. The highest BCUT2D eigenvalue weighted by molar-refractivity contribution is 5.35. The Kier molecular flexibility index (Phi) is 5.22. The van der Waals surface area contributed by atoms with Gasteiger partial charge in [0, 0.05) is 19.6 Å². The fourth-order valence-corrected chi connectivity index (χ4v) is 2.45. The SMILES string of the molecule is OCC1CN(Cc2cc(C(F)(F)F)ccc2C(F)(F)F)CCO1. The zero-order valence-corrected chi connectivity index (χ0v) is 11.9. The molecule has 1 N–H and O–H groups in total. The number of hydrogen-bond donors (Lipinski definition) is 1. The fraction of sp³-hybridized carbons (Fsp3) is 0.571. The van der Waals surface area contributed by atoms with Crippen molar-refractivity contribution in [3.63, 3.8) is 0 Å². The molecule has 3 nitrogen and oxygen atoms in total. The van der Waals surface area contributed by atoms with Crippen LogP contribution in [0.4, 0.5) is 26.3 Å². The molecule has 2 rings (SSSR count). The van der Waals surface area contributed by atoms with Gasteiger partial charge < -0.3 is 9.84 Å². The number of halogens is 6. The second-order valence-electron chi connectivity index (χ2n) is 5.28. The molecule has 23 heavy (non-hydrogen) atoms. The van der Waals surface area contributed by atoms with Gasteiger partial charge in [-0.3, -0.25) is 4.90 Å². The summed E-state index contributed by atoms with van der Waals surface area (Å²) >= 11 is 0. The van der Waals surface area contributed by atoms with Crippen molar-refractivity contribution in [1.29, 1.82) is 0 Å². The monoisotopic (exact) mass is 343 g/mol. The minimum Gasteiger partial charge on any atom is -0.394 e. The number of aliphatic hydroxyl groups is 1. The van der Waals surface area contributed by atoms with Gasteiger partial charge in [-0.15, -0.1) is 0 Å². The molecule has 0 aliphatic carbocycles. The van der Waals surface area contributed by atoms with Crippen molar-refractivity contribution in [1.82, 2.24) is 4.90 Å². The Morgan fingerprint density at radius 2 is 1.83 bits per heavy atom. The molecule has 1 saturated heterocycles. The Morgan fingerprint density at radius 3 is 2.39 bits per heavy atom. The zero-order valence-electron chi connectivity index (χ0n) is 11.9. The highest BCUT2D eigenvalue weighted by Crippen LogP contribution is 2.37.